The van der Waals surface area contributed by atoms with Gasteiger partial charge in [0, 0.05) is 12.0 Å². The lowest BCUT2D eigenvalue weighted by atomic mass is 9.69. The number of hydrogen-bond acceptors (Lipinski definition) is 2. The predicted molar refractivity (Wildman–Crippen MR) is 90.6 cm³/mol. The Balaban J connectivity index is 2.24. The van der Waals surface area contributed by atoms with Crippen molar-refractivity contribution in [2.45, 2.75) is 97.8 Å². The summed E-state index contributed by atoms with van der Waals surface area (Å²) in [4.78, 5) is 0. The highest BCUT2D eigenvalue weighted by atomic mass is 16.5. The van der Waals surface area contributed by atoms with E-state index in [-0.39, 0.29) is 11.2 Å². The van der Waals surface area contributed by atoms with Gasteiger partial charge in [-0.1, -0.05) is 27.2 Å². The third-order valence-electron chi connectivity index (χ3n) is 5.98. The molecule has 0 bridgehead atoms. The van der Waals surface area contributed by atoms with Crippen molar-refractivity contribution < 1.29 is 4.74 Å². The molecule has 1 N–H and O–H groups in total. The van der Waals surface area contributed by atoms with Gasteiger partial charge in [-0.3, -0.25) is 0 Å². The molecule has 21 heavy (non-hydrogen) atoms. The molecule has 3 unspecified atom stereocenters. The number of rotatable bonds is 5. The van der Waals surface area contributed by atoms with Gasteiger partial charge < -0.3 is 10.1 Å². The van der Waals surface area contributed by atoms with Gasteiger partial charge in [0.25, 0.3) is 0 Å². The van der Waals surface area contributed by atoms with Gasteiger partial charge in [0.05, 0.1) is 11.2 Å². The molecule has 2 rings (SSSR count). The molecule has 2 aliphatic rings. The SMILES string of the molecule is CCCNC(C1CCCC1(C)C)C1CC(C)(C)OC1(C)C. The third kappa shape index (κ3) is 3.64. The van der Waals surface area contributed by atoms with Gasteiger partial charge in [-0.05, 0) is 71.3 Å². The highest BCUT2D eigenvalue weighted by Crippen LogP contribution is 2.51. The van der Waals surface area contributed by atoms with Crippen LogP contribution in [0.5, 0.6) is 0 Å². The van der Waals surface area contributed by atoms with Crippen molar-refractivity contribution >= 4 is 0 Å². The lowest BCUT2D eigenvalue weighted by Crippen LogP contribution is -2.51. The topological polar surface area (TPSA) is 21.3 Å². The standard InChI is InChI=1S/C19H37NO/c1-8-12-20-16(14-10-9-11-17(14,2)3)15-13-18(4,5)21-19(15,6)7/h14-16,20H,8-13H2,1-7H3. The average molecular weight is 296 g/mol. The van der Waals surface area contributed by atoms with E-state index in [0.29, 0.717) is 17.4 Å². The summed E-state index contributed by atoms with van der Waals surface area (Å²) < 4.78 is 6.40. The molecule has 2 fully saturated rings. The monoisotopic (exact) mass is 295 g/mol. The molecule has 0 aromatic heterocycles. The van der Waals surface area contributed by atoms with Crippen LogP contribution in [-0.4, -0.2) is 23.8 Å². The molecular formula is C19H37NO. The van der Waals surface area contributed by atoms with E-state index in [4.69, 9.17) is 4.74 Å². The Kier molecular flexibility index (Phi) is 4.81. The van der Waals surface area contributed by atoms with Crippen LogP contribution in [0, 0.1) is 17.3 Å². The second-order valence-corrected chi connectivity index (χ2v) is 9.24. The second kappa shape index (κ2) is 5.85. The van der Waals surface area contributed by atoms with Crippen LogP contribution in [-0.2, 0) is 4.74 Å². The largest absolute Gasteiger partial charge is 0.369 e. The molecule has 0 radical (unpaired) electrons. The number of hydrogen-bond donors (Lipinski definition) is 1. The van der Waals surface area contributed by atoms with E-state index in [1.54, 1.807) is 0 Å². The maximum atomic E-state index is 6.40. The summed E-state index contributed by atoms with van der Waals surface area (Å²) >= 11 is 0. The van der Waals surface area contributed by atoms with Crippen LogP contribution in [0.4, 0.5) is 0 Å². The Hall–Kier alpha value is -0.0800. The van der Waals surface area contributed by atoms with E-state index in [1.165, 1.54) is 32.1 Å². The molecule has 1 saturated heterocycles. The van der Waals surface area contributed by atoms with Crippen LogP contribution in [0.3, 0.4) is 0 Å². The van der Waals surface area contributed by atoms with E-state index >= 15 is 0 Å². The molecule has 1 saturated carbocycles. The normalized spacial score (nSPS) is 35.0. The first-order chi connectivity index (χ1) is 9.59. The van der Waals surface area contributed by atoms with Gasteiger partial charge in [-0.15, -0.1) is 0 Å². The first-order valence-corrected chi connectivity index (χ1v) is 9.03. The third-order valence-corrected chi connectivity index (χ3v) is 5.98. The van der Waals surface area contributed by atoms with Gasteiger partial charge in [-0.25, -0.2) is 0 Å². The lowest BCUT2D eigenvalue weighted by molar-refractivity contribution is -0.0812. The summed E-state index contributed by atoms with van der Waals surface area (Å²) in [6.07, 6.45) is 6.52. The molecule has 2 nitrogen and oxygen atoms in total. The number of ether oxygens (including phenoxy) is 1. The molecule has 0 aromatic rings. The van der Waals surface area contributed by atoms with E-state index in [1.807, 2.05) is 0 Å². The maximum absolute atomic E-state index is 6.40. The fourth-order valence-corrected chi connectivity index (χ4v) is 5.06. The van der Waals surface area contributed by atoms with Crippen LogP contribution in [0.1, 0.15) is 80.6 Å². The van der Waals surface area contributed by atoms with E-state index in [9.17, 15) is 0 Å². The Bertz CT molecular complexity index is 359. The summed E-state index contributed by atoms with van der Waals surface area (Å²) in [6, 6.07) is 0.597. The van der Waals surface area contributed by atoms with Gasteiger partial charge >= 0.3 is 0 Å². The Morgan fingerprint density at radius 2 is 1.76 bits per heavy atom. The van der Waals surface area contributed by atoms with Crippen LogP contribution >= 0.6 is 0 Å². The van der Waals surface area contributed by atoms with Gasteiger partial charge in [-0.2, -0.15) is 0 Å². The summed E-state index contributed by atoms with van der Waals surface area (Å²) in [7, 11) is 0. The average Bonchev–Trinajstić information content (AvgIpc) is 2.76. The molecule has 2 heteroatoms. The zero-order valence-corrected chi connectivity index (χ0v) is 15.4. The van der Waals surface area contributed by atoms with Gasteiger partial charge in [0.2, 0.25) is 0 Å². The summed E-state index contributed by atoms with van der Waals surface area (Å²) in [6.45, 7) is 17.5. The zero-order chi connectivity index (χ0) is 15.9. The first kappa shape index (κ1) is 17.3. The van der Waals surface area contributed by atoms with Gasteiger partial charge in [0.15, 0.2) is 0 Å². The Morgan fingerprint density at radius 3 is 2.19 bits per heavy atom. The quantitative estimate of drug-likeness (QED) is 0.788. The molecule has 0 amide bonds. The van der Waals surface area contributed by atoms with Crippen molar-refractivity contribution in [3.8, 4) is 0 Å². The van der Waals surface area contributed by atoms with E-state index in [0.717, 1.165) is 12.5 Å². The fraction of sp³-hybridized carbons (Fsp3) is 1.00. The van der Waals surface area contributed by atoms with Crippen molar-refractivity contribution in [3.05, 3.63) is 0 Å². The minimum atomic E-state index is -0.0203. The maximum Gasteiger partial charge on any atom is 0.0677 e. The predicted octanol–water partition coefficient (Wildman–Crippen LogP) is 4.77. The fourth-order valence-electron chi connectivity index (χ4n) is 5.06. The molecule has 1 aliphatic carbocycles. The Labute approximate surface area is 132 Å². The van der Waals surface area contributed by atoms with Crippen LogP contribution in [0.15, 0.2) is 0 Å². The van der Waals surface area contributed by atoms with Gasteiger partial charge in [0.1, 0.15) is 0 Å². The minimum absolute atomic E-state index is 0.0169. The van der Waals surface area contributed by atoms with E-state index in [2.05, 4.69) is 53.8 Å². The molecular weight excluding hydrogens is 258 g/mol. The first-order valence-electron chi connectivity index (χ1n) is 9.03. The molecule has 0 aromatic carbocycles. The molecule has 1 aliphatic heterocycles. The lowest BCUT2D eigenvalue weighted by Gasteiger charge is -2.42. The van der Waals surface area contributed by atoms with Crippen molar-refractivity contribution in [2.75, 3.05) is 6.54 Å². The zero-order valence-electron chi connectivity index (χ0n) is 15.4. The van der Waals surface area contributed by atoms with Crippen molar-refractivity contribution in [1.29, 1.82) is 0 Å². The van der Waals surface area contributed by atoms with Crippen LogP contribution in [0.25, 0.3) is 0 Å². The van der Waals surface area contributed by atoms with Crippen molar-refractivity contribution in [2.24, 2.45) is 17.3 Å². The van der Waals surface area contributed by atoms with Crippen LogP contribution < -0.4 is 5.32 Å². The highest BCUT2D eigenvalue weighted by Gasteiger charge is 2.53. The number of nitrogens with one attached hydrogen (secondary N) is 1. The molecule has 3 atom stereocenters. The minimum Gasteiger partial charge on any atom is -0.369 e. The Morgan fingerprint density at radius 1 is 1.10 bits per heavy atom. The summed E-state index contributed by atoms with van der Waals surface area (Å²) in [5, 5.41) is 3.92. The smallest absolute Gasteiger partial charge is 0.0677 e. The molecule has 124 valence electrons. The summed E-state index contributed by atoms with van der Waals surface area (Å²) in [5.41, 5.74) is 0.463. The van der Waals surface area contributed by atoms with Crippen molar-refractivity contribution in [3.63, 3.8) is 0 Å². The highest BCUT2D eigenvalue weighted by molar-refractivity contribution is 5.04. The molecule has 1 heterocycles. The van der Waals surface area contributed by atoms with E-state index < -0.39 is 0 Å². The van der Waals surface area contributed by atoms with Crippen LogP contribution in [0.2, 0.25) is 0 Å². The second-order valence-electron chi connectivity index (χ2n) is 9.24. The molecule has 0 spiro atoms. The van der Waals surface area contributed by atoms with Crippen molar-refractivity contribution in [1.82, 2.24) is 5.32 Å². The summed E-state index contributed by atoms with van der Waals surface area (Å²) in [5.74, 6) is 1.40.